The number of benzene rings is 2. The summed E-state index contributed by atoms with van der Waals surface area (Å²) in [5, 5.41) is 0. The highest BCUT2D eigenvalue weighted by Gasteiger charge is 2.23. The van der Waals surface area contributed by atoms with Crippen molar-refractivity contribution in [2.45, 2.75) is 38.0 Å². The molecule has 0 aromatic heterocycles. The Morgan fingerprint density at radius 2 is 1.93 bits per heavy atom. The first kappa shape index (κ1) is 20.8. The smallest absolute Gasteiger partial charge is 0.119 e. The summed E-state index contributed by atoms with van der Waals surface area (Å²) in [5.74, 6) is 1.95. The predicted octanol–water partition coefficient (Wildman–Crippen LogP) is 6.10. The highest BCUT2D eigenvalue weighted by atomic mass is 32.2. The molecule has 2 aromatic rings. The van der Waals surface area contributed by atoms with Gasteiger partial charge in [-0.15, -0.1) is 11.8 Å². The van der Waals surface area contributed by atoms with Gasteiger partial charge >= 0.3 is 0 Å². The van der Waals surface area contributed by atoms with E-state index in [4.69, 9.17) is 4.74 Å². The second-order valence-electron chi connectivity index (χ2n) is 7.20. The third-order valence-electron chi connectivity index (χ3n) is 5.22. The number of hydrogen-bond donors (Lipinski definition) is 0. The molecule has 0 radical (unpaired) electrons. The van der Waals surface area contributed by atoms with Crippen molar-refractivity contribution in [2.24, 2.45) is 0 Å². The third kappa shape index (κ3) is 6.29. The van der Waals surface area contributed by atoms with Crippen molar-refractivity contribution in [1.29, 1.82) is 0 Å². The molecule has 0 aliphatic carbocycles. The summed E-state index contributed by atoms with van der Waals surface area (Å²) in [4.78, 5) is 3.85. The average Bonchev–Trinajstić information content (AvgIpc) is 3.20. The summed E-state index contributed by atoms with van der Waals surface area (Å²) in [7, 11) is 0. The van der Waals surface area contributed by atoms with Gasteiger partial charge < -0.3 is 4.74 Å². The summed E-state index contributed by atoms with van der Waals surface area (Å²) in [6.45, 7) is 9.23. The first-order valence-corrected chi connectivity index (χ1v) is 11.2. The zero-order valence-electron chi connectivity index (χ0n) is 16.8. The van der Waals surface area contributed by atoms with Crippen LogP contribution in [-0.2, 0) is 12.2 Å². The van der Waals surface area contributed by atoms with E-state index in [1.165, 1.54) is 35.4 Å². The number of rotatable bonds is 10. The summed E-state index contributed by atoms with van der Waals surface area (Å²) >= 11 is 1.88. The maximum atomic E-state index is 6.06. The fourth-order valence-corrected chi connectivity index (χ4v) is 4.64. The molecule has 148 valence electrons. The fourth-order valence-electron chi connectivity index (χ4n) is 3.64. The first-order chi connectivity index (χ1) is 13.8. The van der Waals surface area contributed by atoms with Gasteiger partial charge in [0, 0.05) is 18.2 Å². The van der Waals surface area contributed by atoms with Crippen LogP contribution in [0.1, 0.15) is 30.9 Å². The van der Waals surface area contributed by atoms with E-state index in [2.05, 4.69) is 79.1 Å². The molecule has 0 unspecified atom stereocenters. The Hall–Kier alpha value is -1.97. The van der Waals surface area contributed by atoms with Crippen LogP contribution in [0.2, 0.25) is 0 Å². The zero-order chi connectivity index (χ0) is 19.6. The van der Waals surface area contributed by atoms with E-state index in [1.807, 2.05) is 17.8 Å². The summed E-state index contributed by atoms with van der Waals surface area (Å²) in [5.41, 5.74) is 2.65. The lowest BCUT2D eigenvalue weighted by atomic mass is 10.1. The standard InChI is InChI=1S/C25H31NOS/c1-3-9-25(28-20-22-10-6-5-7-11-22)18-21-13-15-24(16-14-21)27-19-23-12-8-17-26(23)4-2/h3,5-7,9-11,13-16,23H,1,4,8,12,17-20H2,2H3/b25-9-/t23-/m1/s1. The van der Waals surface area contributed by atoms with Crippen molar-refractivity contribution in [3.63, 3.8) is 0 Å². The van der Waals surface area contributed by atoms with Crippen molar-refractivity contribution < 1.29 is 4.74 Å². The van der Waals surface area contributed by atoms with E-state index in [9.17, 15) is 0 Å². The van der Waals surface area contributed by atoms with Gasteiger partial charge in [-0.25, -0.2) is 0 Å². The van der Waals surface area contributed by atoms with E-state index in [1.54, 1.807) is 0 Å². The van der Waals surface area contributed by atoms with Crippen LogP contribution in [0, 0.1) is 0 Å². The van der Waals surface area contributed by atoms with Crippen LogP contribution >= 0.6 is 11.8 Å². The maximum Gasteiger partial charge on any atom is 0.119 e. The molecule has 0 N–H and O–H groups in total. The van der Waals surface area contributed by atoms with Gasteiger partial charge in [0.25, 0.3) is 0 Å². The molecule has 2 aromatic carbocycles. The van der Waals surface area contributed by atoms with Gasteiger partial charge in [0.1, 0.15) is 12.4 Å². The number of hydrogen-bond acceptors (Lipinski definition) is 3. The Morgan fingerprint density at radius 1 is 1.14 bits per heavy atom. The highest BCUT2D eigenvalue weighted by molar-refractivity contribution is 8.02. The zero-order valence-corrected chi connectivity index (χ0v) is 17.7. The van der Waals surface area contributed by atoms with Crippen LogP contribution in [0.15, 0.2) is 78.2 Å². The van der Waals surface area contributed by atoms with Crippen LogP contribution in [0.4, 0.5) is 0 Å². The minimum absolute atomic E-state index is 0.571. The topological polar surface area (TPSA) is 12.5 Å². The van der Waals surface area contributed by atoms with Crippen LogP contribution in [-0.4, -0.2) is 30.6 Å². The number of ether oxygens (including phenoxy) is 1. The molecule has 1 atom stereocenters. The monoisotopic (exact) mass is 393 g/mol. The van der Waals surface area contributed by atoms with Gasteiger partial charge in [-0.05, 0) is 54.1 Å². The molecule has 0 amide bonds. The number of likely N-dealkylation sites (N-methyl/N-ethyl adjacent to an activating group) is 1. The van der Waals surface area contributed by atoms with Crippen molar-refractivity contribution in [3.05, 3.63) is 89.4 Å². The van der Waals surface area contributed by atoms with Crippen LogP contribution < -0.4 is 4.74 Å². The molecule has 1 saturated heterocycles. The SMILES string of the molecule is C=C/C=C(/Cc1ccc(OC[C@H]2CCCN2CC)cc1)SCc1ccccc1. The number of nitrogens with zero attached hydrogens (tertiary/aromatic N) is 1. The molecule has 1 aliphatic heterocycles. The molecule has 28 heavy (non-hydrogen) atoms. The van der Waals surface area contributed by atoms with Crippen molar-refractivity contribution >= 4 is 11.8 Å². The Labute approximate surface area is 174 Å². The van der Waals surface area contributed by atoms with E-state index >= 15 is 0 Å². The number of thioether (sulfide) groups is 1. The van der Waals surface area contributed by atoms with Gasteiger partial charge in [0.05, 0.1) is 0 Å². The summed E-state index contributed by atoms with van der Waals surface area (Å²) < 4.78 is 6.06. The Morgan fingerprint density at radius 3 is 2.64 bits per heavy atom. The van der Waals surface area contributed by atoms with Gasteiger partial charge in [0.15, 0.2) is 0 Å². The Balaban J connectivity index is 1.51. The quantitative estimate of drug-likeness (QED) is 0.453. The molecule has 0 saturated carbocycles. The van der Waals surface area contributed by atoms with Crippen LogP contribution in [0.5, 0.6) is 5.75 Å². The Kier molecular flexibility index (Phi) is 8.25. The van der Waals surface area contributed by atoms with Crippen molar-refractivity contribution in [1.82, 2.24) is 4.90 Å². The van der Waals surface area contributed by atoms with Crippen molar-refractivity contribution in [2.75, 3.05) is 19.7 Å². The molecule has 1 fully saturated rings. The lowest BCUT2D eigenvalue weighted by Gasteiger charge is -2.22. The minimum atomic E-state index is 0.571. The summed E-state index contributed by atoms with van der Waals surface area (Å²) in [6.07, 6.45) is 7.47. The van der Waals surface area contributed by atoms with E-state index in [0.29, 0.717) is 6.04 Å². The van der Waals surface area contributed by atoms with Crippen molar-refractivity contribution in [3.8, 4) is 5.75 Å². The second-order valence-corrected chi connectivity index (χ2v) is 8.30. The van der Waals surface area contributed by atoms with E-state index in [0.717, 1.165) is 31.1 Å². The van der Waals surface area contributed by atoms with Gasteiger partial charge in [-0.1, -0.05) is 68.1 Å². The van der Waals surface area contributed by atoms with Gasteiger partial charge in [0.2, 0.25) is 0 Å². The van der Waals surface area contributed by atoms with E-state index < -0.39 is 0 Å². The molecular weight excluding hydrogens is 362 g/mol. The largest absolute Gasteiger partial charge is 0.492 e. The third-order valence-corrected chi connectivity index (χ3v) is 6.35. The molecule has 3 rings (SSSR count). The number of allylic oxidation sites excluding steroid dienone is 3. The molecule has 1 aliphatic rings. The van der Waals surface area contributed by atoms with E-state index in [-0.39, 0.29) is 0 Å². The first-order valence-electron chi connectivity index (χ1n) is 10.2. The van der Waals surface area contributed by atoms with Crippen LogP contribution in [0.3, 0.4) is 0 Å². The molecule has 1 heterocycles. The van der Waals surface area contributed by atoms with Crippen LogP contribution in [0.25, 0.3) is 0 Å². The van der Waals surface area contributed by atoms with Gasteiger partial charge in [-0.3, -0.25) is 4.90 Å². The second kappa shape index (κ2) is 11.1. The lowest BCUT2D eigenvalue weighted by Crippen LogP contribution is -2.33. The fraction of sp³-hybridized carbons (Fsp3) is 0.360. The predicted molar refractivity (Wildman–Crippen MR) is 122 cm³/mol. The molecular formula is C25H31NOS. The highest BCUT2D eigenvalue weighted by Crippen LogP contribution is 2.26. The maximum absolute atomic E-state index is 6.06. The van der Waals surface area contributed by atoms with Gasteiger partial charge in [-0.2, -0.15) is 0 Å². The summed E-state index contributed by atoms with van der Waals surface area (Å²) in [6, 6.07) is 19.7. The molecule has 0 spiro atoms. The Bertz CT molecular complexity index is 754. The minimum Gasteiger partial charge on any atom is -0.492 e. The molecule has 2 nitrogen and oxygen atoms in total. The average molecular weight is 394 g/mol. The number of likely N-dealkylation sites (tertiary alicyclic amines) is 1. The molecule has 3 heteroatoms. The lowest BCUT2D eigenvalue weighted by molar-refractivity contribution is 0.179. The normalized spacial score (nSPS) is 17.6. The molecule has 0 bridgehead atoms.